The van der Waals surface area contributed by atoms with E-state index in [0.717, 1.165) is 35.2 Å². The van der Waals surface area contributed by atoms with E-state index >= 15 is 8.78 Å². The molecule has 1 aromatic carbocycles. The molecule has 2 N–H and O–H groups in total. The van der Waals surface area contributed by atoms with Gasteiger partial charge in [-0.25, -0.2) is 28.4 Å². The van der Waals surface area contributed by atoms with E-state index in [1.807, 2.05) is 12.1 Å². The maximum absolute atomic E-state index is 15.1. The summed E-state index contributed by atoms with van der Waals surface area (Å²) < 4.78 is 35.4. The lowest BCUT2D eigenvalue weighted by Gasteiger charge is -2.33. The number of cyclic esters (lactones) is 1. The van der Waals surface area contributed by atoms with Crippen molar-refractivity contribution >= 4 is 29.4 Å². The lowest BCUT2D eigenvalue weighted by molar-refractivity contribution is -0.119. The standard InChI is InChI=1S/C22H31F2N7O5/c1-15(32)25-13-17-14-30(22(34)36-17)16-11-18(23)20(19(24)12-16)28-5-8-31(35-10-9-28)21(33)26-29-6-3-27(2)4-7-29/h11-12,17H,3-10,13-14H2,1-2H3,(H,25,32)(H,26,33)/t17-/m0/s1. The van der Waals surface area contributed by atoms with Crippen LogP contribution in [0.25, 0.3) is 0 Å². The minimum Gasteiger partial charge on any atom is -0.442 e. The van der Waals surface area contributed by atoms with Gasteiger partial charge in [0.15, 0.2) is 11.6 Å². The van der Waals surface area contributed by atoms with Gasteiger partial charge in [0.2, 0.25) is 5.91 Å². The first-order valence-corrected chi connectivity index (χ1v) is 11.8. The molecule has 0 aromatic heterocycles. The number of piperazine rings is 1. The number of carbonyl (C=O) groups is 3. The molecule has 36 heavy (non-hydrogen) atoms. The number of nitrogens with one attached hydrogen (secondary N) is 2. The number of likely N-dealkylation sites (N-methyl/N-ethyl adjacent to an activating group) is 1. The monoisotopic (exact) mass is 511 g/mol. The molecule has 0 bridgehead atoms. The number of hydrogen-bond donors (Lipinski definition) is 2. The quantitative estimate of drug-likeness (QED) is 0.583. The summed E-state index contributed by atoms with van der Waals surface area (Å²) in [4.78, 5) is 46.2. The van der Waals surface area contributed by atoms with Crippen LogP contribution in [0, 0.1) is 11.6 Å². The average molecular weight is 512 g/mol. The summed E-state index contributed by atoms with van der Waals surface area (Å²) >= 11 is 0. The van der Waals surface area contributed by atoms with Crippen molar-refractivity contribution in [3.8, 4) is 0 Å². The molecular weight excluding hydrogens is 480 g/mol. The summed E-state index contributed by atoms with van der Waals surface area (Å²) in [6.07, 6.45) is -1.37. The minimum atomic E-state index is -0.849. The third kappa shape index (κ3) is 6.12. The van der Waals surface area contributed by atoms with Crippen LogP contribution >= 0.6 is 0 Å². The van der Waals surface area contributed by atoms with Gasteiger partial charge in [0.1, 0.15) is 11.8 Å². The highest BCUT2D eigenvalue weighted by Crippen LogP contribution is 2.31. The highest BCUT2D eigenvalue weighted by Gasteiger charge is 2.34. The van der Waals surface area contributed by atoms with Crippen molar-refractivity contribution in [2.45, 2.75) is 13.0 Å². The second kappa shape index (κ2) is 11.2. The predicted octanol–water partition coefficient (Wildman–Crippen LogP) is 0.352. The van der Waals surface area contributed by atoms with Crippen LogP contribution in [0.5, 0.6) is 0 Å². The van der Waals surface area contributed by atoms with Crippen molar-refractivity contribution in [1.29, 1.82) is 0 Å². The number of benzene rings is 1. The van der Waals surface area contributed by atoms with Crippen LogP contribution in [0.2, 0.25) is 0 Å². The summed E-state index contributed by atoms with van der Waals surface area (Å²) in [6, 6.07) is 1.72. The van der Waals surface area contributed by atoms with Gasteiger partial charge in [-0.2, -0.15) is 0 Å². The van der Waals surface area contributed by atoms with Crippen molar-refractivity contribution in [2.75, 3.05) is 82.4 Å². The molecule has 0 saturated carbocycles. The van der Waals surface area contributed by atoms with Crippen LogP contribution in [0.4, 0.5) is 29.7 Å². The summed E-state index contributed by atoms with van der Waals surface area (Å²) in [5, 5.41) is 5.53. The maximum Gasteiger partial charge on any atom is 0.414 e. The lowest BCUT2D eigenvalue weighted by atomic mass is 10.2. The number of amides is 4. The summed E-state index contributed by atoms with van der Waals surface area (Å²) in [7, 11) is 2.01. The number of hydrazine groups is 1. The number of hydrogen-bond acceptors (Lipinski definition) is 8. The summed E-state index contributed by atoms with van der Waals surface area (Å²) in [5.41, 5.74) is 2.56. The van der Waals surface area contributed by atoms with Crippen molar-refractivity contribution < 1.29 is 32.7 Å². The van der Waals surface area contributed by atoms with E-state index in [0.29, 0.717) is 13.1 Å². The summed E-state index contributed by atoms with van der Waals surface area (Å²) in [5.74, 6) is -1.97. The van der Waals surface area contributed by atoms with Gasteiger partial charge >= 0.3 is 12.1 Å². The van der Waals surface area contributed by atoms with Crippen LogP contribution in [-0.2, 0) is 14.4 Å². The second-order valence-electron chi connectivity index (χ2n) is 8.94. The molecule has 0 spiro atoms. The van der Waals surface area contributed by atoms with Crippen molar-refractivity contribution in [1.82, 2.24) is 25.7 Å². The Hall–Kier alpha value is -3.23. The average Bonchev–Trinajstić information content (AvgIpc) is 3.03. The van der Waals surface area contributed by atoms with Crippen LogP contribution in [0.3, 0.4) is 0 Å². The zero-order valence-corrected chi connectivity index (χ0v) is 20.3. The maximum atomic E-state index is 15.1. The molecule has 0 radical (unpaired) electrons. The third-order valence-corrected chi connectivity index (χ3v) is 6.25. The zero-order chi connectivity index (χ0) is 25.8. The Morgan fingerprint density at radius 3 is 2.42 bits per heavy atom. The zero-order valence-electron chi connectivity index (χ0n) is 20.3. The Bertz CT molecular complexity index is 969. The van der Waals surface area contributed by atoms with Crippen molar-refractivity contribution in [2.24, 2.45) is 0 Å². The second-order valence-corrected chi connectivity index (χ2v) is 8.94. The van der Waals surface area contributed by atoms with Gasteiger partial charge in [0.05, 0.1) is 31.9 Å². The Balaban J connectivity index is 1.37. The molecule has 14 heteroatoms. The Morgan fingerprint density at radius 1 is 1.06 bits per heavy atom. The molecule has 0 unspecified atom stereocenters. The molecule has 3 fully saturated rings. The number of rotatable bonds is 5. The van der Waals surface area contributed by atoms with Gasteiger partial charge in [0, 0.05) is 58.3 Å². The van der Waals surface area contributed by atoms with E-state index in [-0.39, 0.29) is 56.6 Å². The number of anilines is 2. The van der Waals surface area contributed by atoms with Crippen molar-refractivity contribution in [3.05, 3.63) is 23.8 Å². The first-order chi connectivity index (χ1) is 17.2. The Labute approximate surface area is 207 Å². The molecule has 0 aliphatic carbocycles. The van der Waals surface area contributed by atoms with Crippen LogP contribution in [0.15, 0.2) is 12.1 Å². The molecule has 198 valence electrons. The van der Waals surface area contributed by atoms with E-state index in [9.17, 15) is 14.4 Å². The van der Waals surface area contributed by atoms with E-state index in [4.69, 9.17) is 9.57 Å². The fraction of sp³-hybridized carbons (Fsp3) is 0.591. The fourth-order valence-electron chi connectivity index (χ4n) is 4.25. The largest absolute Gasteiger partial charge is 0.442 e. The SMILES string of the molecule is CC(=O)NC[C@H]1CN(c2cc(F)c(N3CCON(C(=O)NN4CCN(C)CC4)CC3)c(F)c2)C(=O)O1. The normalized spacial score (nSPS) is 21.8. The first-order valence-electron chi connectivity index (χ1n) is 11.8. The number of urea groups is 1. The molecule has 12 nitrogen and oxygen atoms in total. The van der Waals surface area contributed by atoms with E-state index in [1.165, 1.54) is 11.8 Å². The first kappa shape index (κ1) is 25.9. The van der Waals surface area contributed by atoms with E-state index < -0.39 is 29.9 Å². The fourth-order valence-corrected chi connectivity index (χ4v) is 4.25. The lowest BCUT2D eigenvalue weighted by Crippen LogP contribution is -2.55. The molecular formula is C22H31F2N7O5. The third-order valence-electron chi connectivity index (χ3n) is 6.25. The predicted molar refractivity (Wildman–Crippen MR) is 125 cm³/mol. The van der Waals surface area contributed by atoms with Gasteiger partial charge in [-0.05, 0) is 7.05 Å². The van der Waals surface area contributed by atoms with Crippen LogP contribution in [-0.4, -0.2) is 112 Å². The molecule has 4 amide bonds. The van der Waals surface area contributed by atoms with Gasteiger partial charge < -0.3 is 19.9 Å². The molecule has 3 aliphatic rings. The molecule has 1 atom stereocenters. The van der Waals surface area contributed by atoms with Gasteiger partial charge in [-0.15, -0.1) is 0 Å². The van der Waals surface area contributed by atoms with Crippen LogP contribution in [0.1, 0.15) is 6.92 Å². The highest BCUT2D eigenvalue weighted by atomic mass is 19.1. The molecule has 1 aromatic rings. The van der Waals surface area contributed by atoms with Gasteiger partial charge in [-0.1, -0.05) is 0 Å². The molecule has 3 aliphatic heterocycles. The number of halogens is 2. The van der Waals surface area contributed by atoms with E-state index in [1.54, 1.807) is 0 Å². The molecule has 4 rings (SSSR count). The summed E-state index contributed by atoms with van der Waals surface area (Å²) in [6.45, 7) is 4.98. The number of nitrogens with zero attached hydrogens (tertiary/aromatic N) is 5. The Kier molecular flexibility index (Phi) is 8.06. The van der Waals surface area contributed by atoms with Crippen molar-refractivity contribution in [3.63, 3.8) is 0 Å². The van der Waals surface area contributed by atoms with Gasteiger partial charge in [0.25, 0.3) is 0 Å². The van der Waals surface area contributed by atoms with Crippen LogP contribution < -0.4 is 20.5 Å². The van der Waals surface area contributed by atoms with Gasteiger partial charge in [-0.3, -0.25) is 20.0 Å². The smallest absolute Gasteiger partial charge is 0.414 e. The minimum absolute atomic E-state index is 0.0170. The topological polar surface area (TPSA) is 110 Å². The number of hydroxylamine groups is 2. The molecule has 3 heterocycles. The number of carbonyl (C=O) groups excluding carboxylic acids is 3. The van der Waals surface area contributed by atoms with E-state index in [2.05, 4.69) is 15.6 Å². The highest BCUT2D eigenvalue weighted by molar-refractivity contribution is 5.90. The number of ether oxygens (including phenoxy) is 1. The Morgan fingerprint density at radius 2 is 1.75 bits per heavy atom. The molecule has 3 saturated heterocycles.